The molecule has 53 heavy (non-hydrogen) atoms. The Kier molecular flexibility index (Phi) is 12.0. The number of carbonyl (C=O) groups excluding carboxylic acids is 3. The summed E-state index contributed by atoms with van der Waals surface area (Å²) >= 11 is 7.11. The van der Waals surface area contributed by atoms with E-state index < -0.39 is 17.7 Å². The molecule has 1 saturated heterocycles. The Bertz CT molecular complexity index is 1850. The van der Waals surface area contributed by atoms with Crippen LogP contribution in [0.3, 0.4) is 0 Å². The zero-order valence-corrected chi connectivity index (χ0v) is 33.1. The van der Waals surface area contributed by atoms with Gasteiger partial charge in [0, 0.05) is 30.2 Å². The van der Waals surface area contributed by atoms with Gasteiger partial charge in [-0.15, -0.1) is 0 Å². The van der Waals surface area contributed by atoms with E-state index in [-0.39, 0.29) is 24.2 Å². The third-order valence-electron chi connectivity index (χ3n) is 10.4. The largest absolute Gasteiger partial charge is 0.497 e. The number of ketones is 1. The maximum absolute atomic E-state index is 13.8. The standard InChI is InChI=1S/C42H50N2O7S2/c1-25-11-13-26(14-12-25)18-33(43-40(47)51-42(2,3)4)35(45)10-8-7-9-29-22-36(30-20-31(48-5)23-32(21-30)49-6)50-37(29)24-38-39(46)44(41(52)53-38)34-19-27-15-16-28(34)17-27/h11-14,20-24,27-28,33-34H,7-10,15-19H2,1-6H3,(H,43,47)/b38-24-/t27?,28?,33-,34?/m0/s1. The van der Waals surface area contributed by atoms with Gasteiger partial charge in [-0.2, -0.15) is 0 Å². The Hall–Kier alpha value is -4.09. The predicted molar refractivity (Wildman–Crippen MR) is 212 cm³/mol. The van der Waals surface area contributed by atoms with E-state index in [1.54, 1.807) is 41.1 Å². The Morgan fingerprint density at radius 1 is 1.04 bits per heavy atom. The van der Waals surface area contributed by atoms with Crippen molar-refractivity contribution in [3.05, 3.63) is 75.9 Å². The van der Waals surface area contributed by atoms with E-state index in [4.69, 9.17) is 30.8 Å². The van der Waals surface area contributed by atoms with Gasteiger partial charge in [-0.05, 0) is 114 Å². The van der Waals surface area contributed by atoms with Crippen LogP contribution in [0.5, 0.6) is 11.5 Å². The lowest BCUT2D eigenvalue weighted by atomic mass is 9.94. The van der Waals surface area contributed by atoms with Crippen LogP contribution < -0.4 is 14.8 Å². The summed E-state index contributed by atoms with van der Waals surface area (Å²) in [5, 5.41) is 2.82. The van der Waals surface area contributed by atoms with Gasteiger partial charge in [-0.25, -0.2) is 4.79 Å². The van der Waals surface area contributed by atoms with Crippen molar-refractivity contribution in [3.63, 3.8) is 0 Å². The number of aryl methyl sites for hydroxylation is 2. The zero-order valence-electron chi connectivity index (χ0n) is 31.5. The molecule has 2 aromatic carbocycles. The molecule has 3 unspecified atom stereocenters. The summed E-state index contributed by atoms with van der Waals surface area (Å²) in [6, 6.07) is 15.0. The molecule has 0 spiro atoms. The van der Waals surface area contributed by atoms with Crippen LogP contribution in [0, 0.1) is 18.8 Å². The summed E-state index contributed by atoms with van der Waals surface area (Å²) in [6.07, 6.45) is 8.37. The van der Waals surface area contributed by atoms with E-state index in [1.165, 1.54) is 24.6 Å². The fourth-order valence-corrected chi connectivity index (χ4v) is 9.05. The second kappa shape index (κ2) is 16.5. The Morgan fingerprint density at radius 3 is 2.38 bits per heavy atom. The van der Waals surface area contributed by atoms with Gasteiger partial charge in [-0.1, -0.05) is 60.2 Å². The van der Waals surface area contributed by atoms with Crippen LogP contribution in [0.4, 0.5) is 4.79 Å². The molecule has 1 N–H and O–H groups in total. The molecule has 3 fully saturated rings. The fourth-order valence-electron chi connectivity index (χ4n) is 7.71. The highest BCUT2D eigenvalue weighted by molar-refractivity contribution is 8.26. The van der Waals surface area contributed by atoms with E-state index in [0.717, 1.165) is 35.1 Å². The molecular formula is C42H50N2O7S2. The number of carbonyl (C=O) groups is 3. The molecule has 2 saturated carbocycles. The minimum Gasteiger partial charge on any atom is -0.497 e. The summed E-state index contributed by atoms with van der Waals surface area (Å²) in [4.78, 5) is 42.6. The number of hydrogen-bond acceptors (Lipinski definition) is 9. The molecule has 1 aromatic heterocycles. The molecule has 9 nitrogen and oxygen atoms in total. The Morgan fingerprint density at radius 2 is 1.75 bits per heavy atom. The lowest BCUT2D eigenvalue weighted by Gasteiger charge is -2.30. The highest BCUT2D eigenvalue weighted by atomic mass is 32.2. The first kappa shape index (κ1) is 38.6. The van der Waals surface area contributed by atoms with Crippen LogP contribution in [0.15, 0.2) is 57.9 Å². The average Bonchev–Trinajstić information content (AvgIpc) is 3.90. The molecule has 2 amide bonds. The van der Waals surface area contributed by atoms with Crippen molar-refractivity contribution in [1.82, 2.24) is 10.2 Å². The van der Waals surface area contributed by atoms with Crippen LogP contribution in [0.2, 0.25) is 0 Å². The van der Waals surface area contributed by atoms with Gasteiger partial charge < -0.3 is 23.9 Å². The number of ether oxygens (including phenoxy) is 3. The van der Waals surface area contributed by atoms with Crippen LogP contribution in [0.1, 0.15) is 88.2 Å². The van der Waals surface area contributed by atoms with Crippen molar-refractivity contribution in [1.29, 1.82) is 0 Å². The third-order valence-corrected chi connectivity index (χ3v) is 11.7. The van der Waals surface area contributed by atoms with Gasteiger partial charge >= 0.3 is 6.09 Å². The molecule has 2 aliphatic carbocycles. The van der Waals surface area contributed by atoms with E-state index in [2.05, 4.69) is 5.32 Å². The number of fused-ring (bicyclic) bond motifs is 2. The summed E-state index contributed by atoms with van der Waals surface area (Å²) in [6.45, 7) is 7.40. The second-order valence-corrected chi connectivity index (χ2v) is 17.1. The molecule has 3 aromatic rings. The van der Waals surface area contributed by atoms with E-state index in [0.29, 0.717) is 69.8 Å². The molecule has 11 heteroatoms. The number of rotatable bonds is 14. The first-order valence-corrected chi connectivity index (χ1v) is 19.7. The van der Waals surface area contributed by atoms with Crippen LogP contribution in [-0.2, 0) is 27.2 Å². The smallest absolute Gasteiger partial charge is 0.408 e. The van der Waals surface area contributed by atoms with Crippen LogP contribution in [0.25, 0.3) is 17.4 Å². The number of nitrogens with one attached hydrogen (secondary N) is 1. The minimum absolute atomic E-state index is 0.0489. The molecule has 6 rings (SSSR count). The molecule has 2 bridgehead atoms. The van der Waals surface area contributed by atoms with E-state index >= 15 is 0 Å². The number of Topliss-reactive ketones (excluding diaryl/α,β-unsaturated/α-hetero) is 1. The monoisotopic (exact) mass is 758 g/mol. The maximum Gasteiger partial charge on any atom is 0.408 e. The number of thioether (sulfide) groups is 1. The molecule has 0 radical (unpaired) electrons. The fraction of sp³-hybridized carbons (Fsp3) is 0.476. The van der Waals surface area contributed by atoms with Gasteiger partial charge in [0.05, 0.1) is 25.2 Å². The van der Waals surface area contributed by atoms with E-state index in [9.17, 15) is 14.4 Å². The minimum atomic E-state index is -0.719. The number of hydrogen-bond donors (Lipinski definition) is 1. The van der Waals surface area contributed by atoms with Crippen LogP contribution in [-0.4, -0.2) is 58.9 Å². The normalized spacial score (nSPS) is 21.0. The highest BCUT2D eigenvalue weighted by Gasteiger charge is 2.48. The first-order valence-electron chi connectivity index (χ1n) is 18.5. The van der Waals surface area contributed by atoms with Crippen molar-refractivity contribution < 1.29 is 33.0 Å². The quantitative estimate of drug-likeness (QED) is 0.0979. The Labute approximate surface area is 322 Å². The van der Waals surface area contributed by atoms with Gasteiger partial charge in [0.25, 0.3) is 5.91 Å². The van der Waals surface area contributed by atoms with Gasteiger partial charge in [0.1, 0.15) is 32.9 Å². The van der Waals surface area contributed by atoms with Gasteiger partial charge in [-0.3, -0.25) is 14.5 Å². The number of benzene rings is 2. The number of alkyl carbamates (subject to hydrolysis) is 1. The van der Waals surface area contributed by atoms with Crippen LogP contribution >= 0.6 is 24.0 Å². The molecule has 4 atom stereocenters. The zero-order chi connectivity index (χ0) is 37.9. The topological polar surface area (TPSA) is 107 Å². The lowest BCUT2D eigenvalue weighted by molar-refractivity contribution is -0.124. The average molecular weight is 759 g/mol. The third kappa shape index (κ3) is 9.54. The van der Waals surface area contributed by atoms with Crippen molar-refractivity contribution in [2.75, 3.05) is 14.2 Å². The second-order valence-electron chi connectivity index (χ2n) is 15.5. The summed E-state index contributed by atoms with van der Waals surface area (Å²) in [5.74, 6) is 3.57. The molecule has 1 aliphatic heterocycles. The van der Waals surface area contributed by atoms with Crippen molar-refractivity contribution in [2.45, 2.75) is 103 Å². The van der Waals surface area contributed by atoms with Gasteiger partial charge in [0.2, 0.25) is 0 Å². The number of unbranched alkanes of at least 4 members (excludes halogenated alkanes) is 1. The lowest BCUT2D eigenvalue weighted by Crippen LogP contribution is -2.44. The molecule has 282 valence electrons. The predicted octanol–water partition coefficient (Wildman–Crippen LogP) is 9.08. The summed E-state index contributed by atoms with van der Waals surface area (Å²) in [7, 11) is 3.21. The number of nitrogens with zero attached hydrogens (tertiary/aromatic N) is 1. The highest BCUT2D eigenvalue weighted by Crippen LogP contribution is 2.49. The maximum atomic E-state index is 13.8. The number of thiocarbonyl (C=S) groups is 1. The number of methoxy groups -OCH3 is 2. The number of furan rings is 1. The molecule has 3 aliphatic rings. The van der Waals surface area contributed by atoms with Gasteiger partial charge in [0.15, 0.2) is 5.78 Å². The summed E-state index contributed by atoms with van der Waals surface area (Å²) < 4.78 is 23.6. The number of amides is 2. The van der Waals surface area contributed by atoms with Crippen molar-refractivity contribution >= 4 is 52.2 Å². The first-order chi connectivity index (χ1) is 25.3. The SMILES string of the molecule is COc1cc(OC)cc(-c2cc(CCCCC(=O)[C@H](Cc3ccc(C)cc3)NC(=O)OC(C)(C)C)c(/C=C3\SC(=S)N(C4CC5CCC4C5)C3=O)o2)c1. The molecular weight excluding hydrogens is 709 g/mol. The molecule has 2 heterocycles. The van der Waals surface area contributed by atoms with E-state index in [1.807, 2.05) is 60.4 Å². The van der Waals surface area contributed by atoms with Crippen molar-refractivity contribution in [3.8, 4) is 22.8 Å². The summed E-state index contributed by atoms with van der Waals surface area (Å²) in [5.41, 5.74) is 3.09. The Balaban J connectivity index is 1.19. The van der Waals surface area contributed by atoms with Crippen molar-refractivity contribution in [2.24, 2.45) is 11.8 Å².